The first-order chi connectivity index (χ1) is 12.7. The molecule has 0 N–H and O–H groups in total. The first kappa shape index (κ1) is 20.0. The number of carbonyl (C=O) groups excluding carboxylic acids is 1. The molecule has 0 aromatic heterocycles. The third-order valence-electron chi connectivity index (χ3n) is 10.5. The molecule has 0 heterocycles. The van der Waals surface area contributed by atoms with Crippen molar-refractivity contribution < 1.29 is 4.79 Å². The van der Waals surface area contributed by atoms with Crippen LogP contribution in [0, 0.1) is 39.9 Å². The van der Waals surface area contributed by atoms with Crippen LogP contribution in [0.5, 0.6) is 0 Å². The summed E-state index contributed by atoms with van der Waals surface area (Å²) in [6.45, 7) is 10.2. The lowest BCUT2D eigenvalue weighted by molar-refractivity contribution is -0.113. The van der Waals surface area contributed by atoms with Gasteiger partial charge in [-0.3, -0.25) is 4.79 Å². The van der Waals surface area contributed by atoms with E-state index >= 15 is 0 Å². The van der Waals surface area contributed by atoms with E-state index in [4.69, 9.17) is 11.6 Å². The Morgan fingerprint density at radius 2 is 1.89 bits per heavy atom. The summed E-state index contributed by atoms with van der Waals surface area (Å²) in [7, 11) is 0. The van der Waals surface area contributed by atoms with Gasteiger partial charge >= 0.3 is 0 Å². The van der Waals surface area contributed by atoms with Crippen LogP contribution >= 0.6 is 11.6 Å². The molecule has 0 aromatic carbocycles. The smallest absolute Gasteiger partial charge is 0.221 e. The van der Waals surface area contributed by atoms with E-state index in [9.17, 15) is 4.79 Å². The Morgan fingerprint density at radius 1 is 1.15 bits per heavy atom. The zero-order chi connectivity index (χ0) is 19.4. The van der Waals surface area contributed by atoms with Crippen LogP contribution in [0.2, 0.25) is 0 Å². The number of carbonyl (C=O) groups is 1. The highest BCUT2D eigenvalue weighted by Gasteiger charge is 2.63. The first-order valence-corrected chi connectivity index (χ1v) is 12.0. The fourth-order valence-electron chi connectivity index (χ4n) is 8.46. The molecule has 0 aromatic rings. The average Bonchev–Trinajstić information content (AvgIpc) is 2.91. The summed E-state index contributed by atoms with van der Waals surface area (Å²) < 4.78 is 0. The highest BCUT2D eigenvalue weighted by Crippen LogP contribution is 2.71. The highest BCUT2D eigenvalue weighted by atomic mass is 35.5. The molecular formula is C25H39ClO. The molecule has 2 heteroatoms. The summed E-state index contributed by atoms with van der Waals surface area (Å²) in [5.74, 6) is 3.25. The second-order valence-electron chi connectivity index (χ2n) is 11.2. The van der Waals surface area contributed by atoms with Crippen molar-refractivity contribution in [3.8, 4) is 0 Å². The zero-order valence-corrected chi connectivity index (χ0v) is 18.7. The summed E-state index contributed by atoms with van der Waals surface area (Å²) >= 11 is 5.67. The topological polar surface area (TPSA) is 17.1 Å². The van der Waals surface area contributed by atoms with E-state index in [-0.39, 0.29) is 5.24 Å². The van der Waals surface area contributed by atoms with Gasteiger partial charge in [0, 0.05) is 6.42 Å². The monoisotopic (exact) mass is 390 g/mol. The molecule has 0 radical (unpaired) electrons. The second-order valence-corrected chi connectivity index (χ2v) is 11.6. The van der Waals surface area contributed by atoms with Gasteiger partial charge in [-0.05, 0) is 109 Å². The lowest BCUT2D eigenvalue weighted by atomic mass is 9.45. The maximum Gasteiger partial charge on any atom is 0.221 e. The Balaban J connectivity index is 1.60. The van der Waals surface area contributed by atoms with Crippen LogP contribution < -0.4 is 0 Å². The molecule has 152 valence electrons. The molecule has 0 aliphatic heterocycles. The molecule has 0 bridgehead atoms. The fraction of sp³-hybridized carbons (Fsp3) is 0.880. The van der Waals surface area contributed by atoms with Gasteiger partial charge in [-0.15, -0.1) is 0 Å². The van der Waals surface area contributed by atoms with Crippen LogP contribution in [0.25, 0.3) is 0 Å². The number of hydrogen-bond acceptors (Lipinski definition) is 1. The van der Waals surface area contributed by atoms with E-state index in [0.717, 1.165) is 24.2 Å². The van der Waals surface area contributed by atoms with E-state index in [1.807, 2.05) is 5.57 Å². The van der Waals surface area contributed by atoms with Crippen molar-refractivity contribution in [1.29, 1.82) is 0 Å². The van der Waals surface area contributed by atoms with Gasteiger partial charge in [-0.25, -0.2) is 0 Å². The lowest BCUT2D eigenvalue weighted by Gasteiger charge is -2.60. The Morgan fingerprint density at radius 3 is 2.63 bits per heavy atom. The van der Waals surface area contributed by atoms with Gasteiger partial charge in [0.2, 0.25) is 5.24 Å². The third-order valence-corrected chi connectivity index (χ3v) is 10.7. The standard InChI is InChI=1S/C25H39ClO/c1-17(8-11-22(26)27)24(3)15-13-21-19-10-9-18-7-5-6-14-23(18,2)20(19)12-16-25(21,24)4/h9,17,19-21H,5-8,10-16H2,1-4H3/t17-,19-,20+,21+,23+,24-,25+/m1/s1. The minimum atomic E-state index is -0.163. The molecule has 0 unspecified atom stereocenters. The fourth-order valence-corrected chi connectivity index (χ4v) is 8.57. The van der Waals surface area contributed by atoms with E-state index in [2.05, 4.69) is 33.8 Å². The third kappa shape index (κ3) is 2.89. The lowest BCUT2D eigenvalue weighted by Crippen LogP contribution is -2.52. The van der Waals surface area contributed by atoms with E-state index in [0.29, 0.717) is 28.6 Å². The van der Waals surface area contributed by atoms with Gasteiger partial charge in [0.25, 0.3) is 0 Å². The van der Waals surface area contributed by atoms with Gasteiger partial charge in [0.05, 0.1) is 0 Å². The summed E-state index contributed by atoms with van der Waals surface area (Å²) in [6, 6.07) is 0. The maximum absolute atomic E-state index is 11.3. The highest BCUT2D eigenvalue weighted by molar-refractivity contribution is 6.63. The Hall–Kier alpha value is -0.300. The summed E-state index contributed by atoms with van der Waals surface area (Å²) in [4.78, 5) is 11.3. The molecular weight excluding hydrogens is 352 g/mol. The van der Waals surface area contributed by atoms with Gasteiger partial charge < -0.3 is 0 Å². The minimum Gasteiger partial charge on any atom is -0.281 e. The van der Waals surface area contributed by atoms with Gasteiger partial charge in [0.15, 0.2) is 0 Å². The SMILES string of the molecule is C[C@H](CCC(=O)Cl)[C@@]1(C)CC[C@H]2[C@@H]3CC=C4CCCC[C@]4(C)[C@H]3CC[C@@]21C. The van der Waals surface area contributed by atoms with Crippen molar-refractivity contribution >= 4 is 16.8 Å². The quantitative estimate of drug-likeness (QED) is 0.358. The van der Waals surface area contributed by atoms with Crippen LogP contribution in [-0.4, -0.2) is 5.24 Å². The maximum atomic E-state index is 11.3. The second kappa shape index (κ2) is 6.89. The van der Waals surface area contributed by atoms with Gasteiger partial charge in [0.1, 0.15) is 0 Å². The largest absolute Gasteiger partial charge is 0.281 e. The first-order valence-electron chi connectivity index (χ1n) is 11.6. The number of hydrogen-bond donors (Lipinski definition) is 0. The molecule has 1 nitrogen and oxygen atoms in total. The normalized spacial score (nSPS) is 47.4. The molecule has 3 fully saturated rings. The van der Waals surface area contributed by atoms with Gasteiger partial charge in [-0.1, -0.05) is 45.8 Å². The number of halogens is 1. The zero-order valence-electron chi connectivity index (χ0n) is 18.0. The molecule has 27 heavy (non-hydrogen) atoms. The Labute approximate surface area is 171 Å². The Bertz CT molecular complexity index is 638. The molecule has 4 aliphatic carbocycles. The van der Waals surface area contributed by atoms with Crippen LogP contribution in [0.4, 0.5) is 0 Å². The van der Waals surface area contributed by atoms with Crippen LogP contribution in [0.15, 0.2) is 11.6 Å². The van der Waals surface area contributed by atoms with Gasteiger partial charge in [-0.2, -0.15) is 0 Å². The van der Waals surface area contributed by atoms with Crippen LogP contribution in [0.3, 0.4) is 0 Å². The number of rotatable bonds is 4. The molecule has 0 amide bonds. The Kier molecular flexibility index (Phi) is 5.10. The predicted molar refractivity (Wildman–Crippen MR) is 114 cm³/mol. The number of allylic oxidation sites excluding steroid dienone is 2. The predicted octanol–water partition coefficient (Wildman–Crippen LogP) is 7.53. The minimum absolute atomic E-state index is 0.163. The van der Waals surface area contributed by atoms with E-state index in [1.165, 1.54) is 57.8 Å². The molecule has 0 saturated heterocycles. The van der Waals surface area contributed by atoms with Crippen molar-refractivity contribution in [3.05, 3.63) is 11.6 Å². The van der Waals surface area contributed by atoms with Crippen molar-refractivity contribution in [2.45, 2.75) is 98.3 Å². The van der Waals surface area contributed by atoms with Crippen molar-refractivity contribution in [2.24, 2.45) is 39.9 Å². The molecule has 4 aliphatic rings. The van der Waals surface area contributed by atoms with E-state index in [1.54, 1.807) is 0 Å². The number of fused-ring (bicyclic) bond motifs is 5. The molecule has 7 atom stereocenters. The molecule has 3 saturated carbocycles. The van der Waals surface area contributed by atoms with E-state index < -0.39 is 0 Å². The summed E-state index contributed by atoms with van der Waals surface area (Å²) in [5, 5.41) is -0.163. The van der Waals surface area contributed by atoms with Crippen molar-refractivity contribution in [1.82, 2.24) is 0 Å². The molecule has 0 spiro atoms. The van der Waals surface area contributed by atoms with Crippen LogP contribution in [-0.2, 0) is 4.79 Å². The van der Waals surface area contributed by atoms with Crippen molar-refractivity contribution in [3.63, 3.8) is 0 Å². The summed E-state index contributed by atoms with van der Waals surface area (Å²) in [5.41, 5.74) is 3.09. The van der Waals surface area contributed by atoms with Crippen molar-refractivity contribution in [2.75, 3.05) is 0 Å². The van der Waals surface area contributed by atoms with Crippen LogP contribution in [0.1, 0.15) is 98.3 Å². The molecule has 4 rings (SSSR count). The summed E-state index contributed by atoms with van der Waals surface area (Å²) in [6.07, 6.45) is 16.7. The average molecular weight is 391 g/mol.